The van der Waals surface area contributed by atoms with E-state index in [0.717, 1.165) is 18.4 Å². The lowest BCUT2D eigenvalue weighted by Crippen LogP contribution is -2.23. The minimum Gasteiger partial charge on any atom is -0.497 e. The van der Waals surface area contributed by atoms with Crippen LogP contribution in [-0.2, 0) is 21.6 Å². The Labute approximate surface area is 160 Å². The van der Waals surface area contributed by atoms with Crippen LogP contribution >= 0.6 is 11.6 Å². The third kappa shape index (κ3) is 3.30. The maximum atomic E-state index is 12.7. The van der Waals surface area contributed by atoms with Gasteiger partial charge in [0, 0.05) is 28.1 Å². The molecule has 1 saturated carbocycles. The molecule has 1 aromatic heterocycles. The Morgan fingerprint density at radius 2 is 1.89 bits per heavy atom. The standard InChI is InChI=1S/C21H17ClO5/c1-25-16-6-7-17-13(10-19(23)27-18(17)11-16)12-26-20(24)21(8-9-21)14-2-4-15(22)5-3-14/h2-7,10-11H,8-9,12H2,1H3. The van der Waals surface area contributed by atoms with E-state index in [2.05, 4.69) is 0 Å². The Morgan fingerprint density at radius 1 is 1.15 bits per heavy atom. The molecule has 0 radical (unpaired) electrons. The van der Waals surface area contributed by atoms with Crippen LogP contribution in [-0.4, -0.2) is 13.1 Å². The number of fused-ring (bicyclic) bond motifs is 1. The maximum Gasteiger partial charge on any atom is 0.336 e. The van der Waals surface area contributed by atoms with Gasteiger partial charge >= 0.3 is 11.6 Å². The van der Waals surface area contributed by atoms with Crippen molar-refractivity contribution in [3.05, 3.63) is 75.1 Å². The number of halogens is 1. The fraction of sp³-hybridized carbons (Fsp3) is 0.238. The highest BCUT2D eigenvalue weighted by molar-refractivity contribution is 6.30. The van der Waals surface area contributed by atoms with Crippen molar-refractivity contribution in [1.29, 1.82) is 0 Å². The molecule has 1 fully saturated rings. The van der Waals surface area contributed by atoms with Crippen LogP contribution in [0.15, 0.2) is 57.7 Å². The van der Waals surface area contributed by atoms with E-state index < -0.39 is 11.0 Å². The lowest BCUT2D eigenvalue weighted by atomic mass is 9.96. The van der Waals surface area contributed by atoms with E-state index >= 15 is 0 Å². The Hall–Kier alpha value is -2.79. The topological polar surface area (TPSA) is 65.7 Å². The van der Waals surface area contributed by atoms with Gasteiger partial charge < -0.3 is 13.9 Å². The monoisotopic (exact) mass is 384 g/mol. The van der Waals surface area contributed by atoms with E-state index in [1.54, 1.807) is 30.3 Å². The van der Waals surface area contributed by atoms with Gasteiger partial charge in [-0.25, -0.2) is 4.79 Å². The molecule has 0 atom stereocenters. The molecule has 1 aliphatic rings. The molecule has 0 bridgehead atoms. The zero-order chi connectivity index (χ0) is 19.0. The van der Waals surface area contributed by atoms with Crippen LogP contribution in [0.1, 0.15) is 24.0 Å². The number of hydrogen-bond donors (Lipinski definition) is 0. The molecule has 4 rings (SSSR count). The van der Waals surface area contributed by atoms with Gasteiger partial charge in [0.15, 0.2) is 0 Å². The molecule has 1 aliphatic carbocycles. The zero-order valence-corrected chi connectivity index (χ0v) is 15.4. The number of benzene rings is 2. The normalized spacial score (nSPS) is 14.7. The van der Waals surface area contributed by atoms with Crippen molar-refractivity contribution in [1.82, 2.24) is 0 Å². The molecule has 0 N–H and O–H groups in total. The Morgan fingerprint density at radius 3 is 2.56 bits per heavy atom. The summed E-state index contributed by atoms with van der Waals surface area (Å²) in [6.45, 7) is 0.00258. The first-order chi connectivity index (χ1) is 13.0. The minimum absolute atomic E-state index is 0.00258. The summed E-state index contributed by atoms with van der Waals surface area (Å²) in [6, 6.07) is 13.8. The largest absolute Gasteiger partial charge is 0.497 e. The van der Waals surface area contributed by atoms with Crippen LogP contribution in [0.4, 0.5) is 0 Å². The molecular weight excluding hydrogens is 368 g/mol. The van der Waals surface area contributed by atoms with Crippen molar-refractivity contribution < 1.29 is 18.7 Å². The van der Waals surface area contributed by atoms with Crippen molar-refractivity contribution in [2.75, 3.05) is 7.11 Å². The first kappa shape index (κ1) is 17.6. The third-order valence-electron chi connectivity index (χ3n) is 4.93. The zero-order valence-electron chi connectivity index (χ0n) is 14.7. The first-order valence-electron chi connectivity index (χ1n) is 8.56. The first-order valence-corrected chi connectivity index (χ1v) is 8.94. The average molecular weight is 385 g/mol. The van der Waals surface area contributed by atoms with Crippen molar-refractivity contribution in [3.8, 4) is 5.75 Å². The summed E-state index contributed by atoms with van der Waals surface area (Å²) in [7, 11) is 1.54. The van der Waals surface area contributed by atoms with Crippen LogP contribution in [0.2, 0.25) is 5.02 Å². The third-order valence-corrected chi connectivity index (χ3v) is 5.19. The van der Waals surface area contributed by atoms with Gasteiger partial charge in [-0.2, -0.15) is 0 Å². The molecule has 0 spiro atoms. The number of carbonyl (C=O) groups excluding carboxylic acids is 1. The predicted molar refractivity (Wildman–Crippen MR) is 101 cm³/mol. The van der Waals surface area contributed by atoms with Crippen molar-refractivity contribution in [2.45, 2.75) is 24.9 Å². The number of carbonyl (C=O) groups is 1. The molecule has 0 unspecified atom stereocenters. The molecule has 27 heavy (non-hydrogen) atoms. The lowest BCUT2D eigenvalue weighted by Gasteiger charge is -2.15. The number of rotatable bonds is 5. The van der Waals surface area contributed by atoms with Gasteiger partial charge in [0.1, 0.15) is 17.9 Å². The van der Waals surface area contributed by atoms with Gasteiger partial charge in [-0.3, -0.25) is 4.79 Å². The number of hydrogen-bond acceptors (Lipinski definition) is 5. The van der Waals surface area contributed by atoms with Crippen LogP contribution in [0, 0.1) is 0 Å². The number of esters is 1. The van der Waals surface area contributed by atoms with E-state index in [1.165, 1.54) is 13.2 Å². The summed E-state index contributed by atoms with van der Waals surface area (Å²) < 4.78 is 16.0. The summed E-state index contributed by atoms with van der Waals surface area (Å²) in [6.07, 6.45) is 1.48. The summed E-state index contributed by atoms with van der Waals surface area (Å²) >= 11 is 5.93. The molecule has 0 amide bonds. The Kier molecular flexibility index (Phi) is 4.40. The number of ether oxygens (including phenoxy) is 2. The molecule has 1 heterocycles. The van der Waals surface area contributed by atoms with Gasteiger partial charge in [-0.1, -0.05) is 23.7 Å². The number of methoxy groups -OCH3 is 1. The lowest BCUT2D eigenvalue weighted by molar-refractivity contribution is -0.148. The minimum atomic E-state index is -0.608. The van der Waals surface area contributed by atoms with E-state index in [9.17, 15) is 9.59 Å². The molecule has 0 aliphatic heterocycles. The predicted octanol–water partition coefficient (Wildman–Crippen LogP) is 4.23. The average Bonchev–Trinajstić information content (AvgIpc) is 3.47. The smallest absolute Gasteiger partial charge is 0.336 e. The van der Waals surface area contributed by atoms with E-state index in [0.29, 0.717) is 27.3 Å². The van der Waals surface area contributed by atoms with Crippen LogP contribution in [0.25, 0.3) is 11.0 Å². The highest BCUT2D eigenvalue weighted by Crippen LogP contribution is 2.49. The molecule has 0 saturated heterocycles. The summed E-state index contributed by atoms with van der Waals surface area (Å²) in [5.74, 6) is 0.291. The highest BCUT2D eigenvalue weighted by atomic mass is 35.5. The molecular formula is C21H17ClO5. The summed E-state index contributed by atoms with van der Waals surface area (Å²) in [5.41, 5.74) is 0.791. The van der Waals surface area contributed by atoms with Gasteiger partial charge in [0.25, 0.3) is 0 Å². The fourth-order valence-electron chi connectivity index (χ4n) is 3.24. The Balaban J connectivity index is 1.57. The second-order valence-electron chi connectivity index (χ2n) is 6.62. The van der Waals surface area contributed by atoms with Crippen LogP contribution in [0.5, 0.6) is 5.75 Å². The van der Waals surface area contributed by atoms with Gasteiger partial charge in [-0.15, -0.1) is 0 Å². The highest BCUT2D eigenvalue weighted by Gasteiger charge is 2.52. The molecule has 138 valence electrons. The van der Waals surface area contributed by atoms with E-state index in [1.807, 2.05) is 12.1 Å². The van der Waals surface area contributed by atoms with Crippen molar-refractivity contribution >= 4 is 28.5 Å². The van der Waals surface area contributed by atoms with Gasteiger partial charge in [0.2, 0.25) is 0 Å². The quantitative estimate of drug-likeness (QED) is 0.486. The fourth-order valence-corrected chi connectivity index (χ4v) is 3.37. The Bertz CT molecular complexity index is 1060. The van der Waals surface area contributed by atoms with Crippen LogP contribution in [0.3, 0.4) is 0 Å². The van der Waals surface area contributed by atoms with Crippen LogP contribution < -0.4 is 10.4 Å². The van der Waals surface area contributed by atoms with E-state index in [-0.39, 0.29) is 12.6 Å². The SMILES string of the molecule is COc1ccc2c(COC(=O)C3(c4ccc(Cl)cc4)CC3)cc(=O)oc2c1. The van der Waals surface area contributed by atoms with E-state index in [4.69, 9.17) is 25.5 Å². The summed E-state index contributed by atoms with van der Waals surface area (Å²) in [5, 5.41) is 1.33. The van der Waals surface area contributed by atoms with Gasteiger partial charge in [-0.05, 0) is 42.7 Å². The summed E-state index contributed by atoms with van der Waals surface area (Å²) in [4.78, 5) is 24.6. The second kappa shape index (κ2) is 6.74. The second-order valence-corrected chi connectivity index (χ2v) is 7.05. The molecule has 3 aromatic rings. The maximum absolute atomic E-state index is 12.7. The molecule has 2 aromatic carbocycles. The van der Waals surface area contributed by atoms with Crippen molar-refractivity contribution in [2.24, 2.45) is 0 Å². The molecule has 6 heteroatoms. The van der Waals surface area contributed by atoms with Gasteiger partial charge in [0.05, 0.1) is 12.5 Å². The van der Waals surface area contributed by atoms with Crippen molar-refractivity contribution in [3.63, 3.8) is 0 Å². The molecule has 5 nitrogen and oxygen atoms in total.